The molecule has 2 aromatic heterocycles. The van der Waals surface area contributed by atoms with Crippen LogP contribution in [0.15, 0.2) is 24.7 Å². The maximum absolute atomic E-state index is 14.0. The topological polar surface area (TPSA) is 54.2 Å². The fourth-order valence-electron chi connectivity index (χ4n) is 1.70. The minimum Gasteiger partial charge on any atom is -0.392 e. The molecule has 0 aromatic carbocycles. The minimum atomic E-state index is -0.489. The Balaban J connectivity index is 2.24. The summed E-state index contributed by atoms with van der Waals surface area (Å²) in [5.74, 6) is 0.536. The van der Waals surface area contributed by atoms with Crippen molar-refractivity contribution in [2.24, 2.45) is 7.05 Å². The van der Waals surface area contributed by atoms with Crippen molar-refractivity contribution >= 4 is 5.82 Å². The summed E-state index contributed by atoms with van der Waals surface area (Å²) in [7, 11) is 3.62. The molecule has 0 radical (unpaired) electrons. The number of aliphatic hydroxyl groups is 1. The number of pyridine rings is 1. The van der Waals surface area contributed by atoms with Crippen molar-refractivity contribution in [1.29, 1.82) is 0 Å². The average molecular weight is 250 g/mol. The lowest BCUT2D eigenvalue weighted by Crippen LogP contribution is -2.21. The second kappa shape index (κ2) is 5.14. The minimum absolute atomic E-state index is 0.213. The largest absolute Gasteiger partial charge is 0.392 e. The SMILES string of the molecule is CN(Cc1nccn1C)c1nccc(CO)c1F. The molecule has 0 amide bonds. The number of hydrogen-bond donors (Lipinski definition) is 1. The second-order valence-corrected chi connectivity index (χ2v) is 4.08. The number of aryl methyl sites for hydroxylation is 1. The van der Waals surface area contributed by atoms with Crippen molar-refractivity contribution in [2.75, 3.05) is 11.9 Å². The predicted molar refractivity (Wildman–Crippen MR) is 65.4 cm³/mol. The van der Waals surface area contributed by atoms with Crippen molar-refractivity contribution in [1.82, 2.24) is 14.5 Å². The van der Waals surface area contributed by atoms with Crippen molar-refractivity contribution in [2.45, 2.75) is 13.2 Å². The molecule has 2 rings (SSSR count). The van der Waals surface area contributed by atoms with Crippen LogP contribution in [0.1, 0.15) is 11.4 Å². The second-order valence-electron chi connectivity index (χ2n) is 4.08. The highest BCUT2D eigenvalue weighted by atomic mass is 19.1. The van der Waals surface area contributed by atoms with E-state index in [1.165, 1.54) is 12.3 Å². The van der Waals surface area contributed by atoms with Gasteiger partial charge in [0.2, 0.25) is 0 Å². The molecule has 96 valence electrons. The lowest BCUT2D eigenvalue weighted by molar-refractivity contribution is 0.275. The molecule has 18 heavy (non-hydrogen) atoms. The number of rotatable bonds is 4. The fraction of sp³-hybridized carbons (Fsp3) is 0.333. The first-order valence-electron chi connectivity index (χ1n) is 5.55. The third kappa shape index (κ3) is 2.33. The van der Waals surface area contributed by atoms with Crippen LogP contribution in [0.5, 0.6) is 0 Å². The van der Waals surface area contributed by atoms with E-state index >= 15 is 0 Å². The predicted octanol–water partition coefficient (Wildman–Crippen LogP) is 1.08. The first-order chi connectivity index (χ1) is 8.63. The third-order valence-electron chi connectivity index (χ3n) is 2.78. The van der Waals surface area contributed by atoms with Gasteiger partial charge in [-0.25, -0.2) is 14.4 Å². The molecule has 0 saturated carbocycles. The van der Waals surface area contributed by atoms with Gasteiger partial charge in [0.1, 0.15) is 5.82 Å². The van der Waals surface area contributed by atoms with Gasteiger partial charge in [0.15, 0.2) is 11.6 Å². The molecule has 0 atom stereocenters. The van der Waals surface area contributed by atoms with Crippen LogP contribution in [0.25, 0.3) is 0 Å². The summed E-state index contributed by atoms with van der Waals surface area (Å²) in [5, 5.41) is 9.02. The number of hydrogen-bond acceptors (Lipinski definition) is 4. The summed E-state index contributed by atoms with van der Waals surface area (Å²) in [6.45, 7) is 0.111. The zero-order chi connectivity index (χ0) is 13.1. The molecule has 6 heteroatoms. The maximum Gasteiger partial charge on any atom is 0.171 e. The normalized spacial score (nSPS) is 10.7. The van der Waals surface area contributed by atoms with Crippen LogP contribution in [-0.2, 0) is 20.2 Å². The lowest BCUT2D eigenvalue weighted by Gasteiger charge is -2.19. The van der Waals surface area contributed by atoms with Crippen molar-refractivity contribution in [3.05, 3.63) is 41.9 Å². The zero-order valence-corrected chi connectivity index (χ0v) is 10.3. The van der Waals surface area contributed by atoms with Crippen LogP contribution in [0, 0.1) is 5.82 Å². The van der Waals surface area contributed by atoms with Crippen molar-refractivity contribution in [3.8, 4) is 0 Å². The Morgan fingerprint density at radius 3 is 2.78 bits per heavy atom. The first kappa shape index (κ1) is 12.5. The standard InChI is InChI=1S/C12H15FN4O/c1-16-6-5-14-10(16)7-17(2)12-11(13)9(8-18)3-4-15-12/h3-6,18H,7-8H2,1-2H3. The molecule has 0 spiro atoms. The monoisotopic (exact) mass is 250 g/mol. The lowest BCUT2D eigenvalue weighted by atomic mass is 10.2. The molecule has 1 N–H and O–H groups in total. The van der Waals surface area contributed by atoms with Gasteiger partial charge in [-0.05, 0) is 6.07 Å². The molecule has 2 heterocycles. The van der Waals surface area contributed by atoms with Gasteiger partial charge in [0.05, 0.1) is 13.2 Å². The zero-order valence-electron chi connectivity index (χ0n) is 10.3. The van der Waals surface area contributed by atoms with E-state index in [0.717, 1.165) is 5.82 Å². The van der Waals surface area contributed by atoms with Gasteiger partial charge in [0.25, 0.3) is 0 Å². The van der Waals surface area contributed by atoms with Gasteiger partial charge in [-0.2, -0.15) is 0 Å². The number of aliphatic hydroxyl groups excluding tert-OH is 1. The van der Waals surface area contributed by atoms with E-state index in [9.17, 15) is 4.39 Å². The molecule has 2 aromatic rings. The van der Waals surface area contributed by atoms with E-state index in [1.807, 2.05) is 17.8 Å². The number of halogens is 1. The molecule has 0 aliphatic carbocycles. The van der Waals surface area contributed by atoms with Crippen LogP contribution < -0.4 is 4.90 Å². The third-order valence-corrected chi connectivity index (χ3v) is 2.78. The van der Waals surface area contributed by atoms with Gasteiger partial charge in [-0.3, -0.25) is 0 Å². The van der Waals surface area contributed by atoms with E-state index < -0.39 is 5.82 Å². The Morgan fingerprint density at radius 1 is 1.39 bits per heavy atom. The van der Waals surface area contributed by atoms with Crippen molar-refractivity contribution < 1.29 is 9.50 Å². The molecular weight excluding hydrogens is 235 g/mol. The number of imidazole rings is 1. The Morgan fingerprint density at radius 2 is 2.17 bits per heavy atom. The summed E-state index contributed by atoms with van der Waals surface area (Å²) in [6, 6.07) is 1.47. The van der Waals surface area contributed by atoms with E-state index in [1.54, 1.807) is 18.1 Å². The highest BCUT2D eigenvalue weighted by Crippen LogP contribution is 2.19. The van der Waals surface area contributed by atoms with E-state index in [4.69, 9.17) is 5.11 Å². The molecule has 0 saturated heterocycles. The number of anilines is 1. The van der Waals surface area contributed by atoms with Gasteiger partial charge in [0, 0.05) is 38.2 Å². The highest BCUT2D eigenvalue weighted by molar-refractivity contribution is 5.42. The molecular formula is C12H15FN4O. The van der Waals surface area contributed by atoms with Gasteiger partial charge in [-0.1, -0.05) is 0 Å². The summed E-state index contributed by atoms with van der Waals surface area (Å²) in [5.41, 5.74) is 0.242. The Kier molecular flexibility index (Phi) is 3.57. The van der Waals surface area contributed by atoms with Crippen LogP contribution >= 0.6 is 0 Å². The highest BCUT2D eigenvalue weighted by Gasteiger charge is 2.14. The van der Waals surface area contributed by atoms with Gasteiger partial charge in [-0.15, -0.1) is 0 Å². The van der Waals surface area contributed by atoms with Crippen LogP contribution in [-0.4, -0.2) is 26.7 Å². The number of nitrogens with zero attached hydrogens (tertiary/aromatic N) is 4. The quantitative estimate of drug-likeness (QED) is 0.882. The molecule has 0 unspecified atom stereocenters. The van der Waals surface area contributed by atoms with Gasteiger partial charge < -0.3 is 14.6 Å². The smallest absolute Gasteiger partial charge is 0.171 e. The summed E-state index contributed by atoms with van der Waals surface area (Å²) in [6.07, 6.45) is 5.01. The Labute approximate surface area is 105 Å². The van der Waals surface area contributed by atoms with E-state index in [2.05, 4.69) is 9.97 Å². The Bertz CT molecular complexity index is 541. The summed E-state index contributed by atoms with van der Waals surface area (Å²) >= 11 is 0. The first-order valence-corrected chi connectivity index (χ1v) is 5.55. The van der Waals surface area contributed by atoms with Crippen LogP contribution in [0.3, 0.4) is 0 Å². The maximum atomic E-state index is 14.0. The number of aromatic nitrogens is 3. The van der Waals surface area contributed by atoms with Crippen LogP contribution in [0.4, 0.5) is 10.2 Å². The fourth-order valence-corrected chi connectivity index (χ4v) is 1.70. The molecule has 0 fully saturated rings. The molecule has 0 bridgehead atoms. The summed E-state index contributed by atoms with van der Waals surface area (Å²) in [4.78, 5) is 9.84. The molecule has 0 aliphatic rings. The molecule has 0 aliphatic heterocycles. The van der Waals surface area contributed by atoms with Crippen LogP contribution in [0.2, 0.25) is 0 Å². The van der Waals surface area contributed by atoms with E-state index in [0.29, 0.717) is 6.54 Å². The average Bonchev–Trinajstić information content (AvgIpc) is 2.75. The summed E-state index contributed by atoms with van der Waals surface area (Å²) < 4.78 is 15.8. The van der Waals surface area contributed by atoms with Crippen molar-refractivity contribution in [3.63, 3.8) is 0 Å². The van der Waals surface area contributed by atoms with E-state index in [-0.39, 0.29) is 18.0 Å². The van der Waals surface area contributed by atoms with Gasteiger partial charge >= 0.3 is 0 Å². The molecule has 5 nitrogen and oxygen atoms in total. The Hall–Kier alpha value is -1.95.